The van der Waals surface area contributed by atoms with Gasteiger partial charge in [-0.25, -0.2) is 4.18 Å². The molecule has 2 rings (SSSR count). The number of hydrogen-bond donors (Lipinski definition) is 1. The van der Waals surface area contributed by atoms with Gasteiger partial charge in [0.1, 0.15) is 5.75 Å². The van der Waals surface area contributed by atoms with E-state index in [1.54, 1.807) is 19.1 Å². The fourth-order valence-electron chi connectivity index (χ4n) is 1.81. The predicted octanol–water partition coefficient (Wildman–Crippen LogP) is 4.28. The molecule has 0 spiro atoms. The Kier molecular flexibility index (Phi) is 5.76. The Hall–Kier alpha value is -1.40. The van der Waals surface area contributed by atoms with Crippen LogP contribution in [0.3, 0.4) is 0 Å². The van der Waals surface area contributed by atoms with E-state index in [-0.39, 0.29) is 0 Å². The van der Waals surface area contributed by atoms with Crippen molar-refractivity contribution in [2.45, 2.75) is 19.6 Å². The van der Waals surface area contributed by atoms with Crippen LogP contribution < -0.4 is 4.74 Å². The van der Waals surface area contributed by atoms with E-state index in [2.05, 4.69) is 0 Å². The summed E-state index contributed by atoms with van der Waals surface area (Å²) in [6.07, 6.45) is -0.404. The number of ether oxygens (including phenoxy) is 1. The van der Waals surface area contributed by atoms with Gasteiger partial charge in [0.15, 0.2) is 0 Å². The minimum atomic E-state index is -2.38. The molecule has 2 unspecified atom stereocenters. The number of hydrogen-bond acceptors (Lipinski definition) is 3. The molecule has 0 saturated carbocycles. The van der Waals surface area contributed by atoms with E-state index in [1.165, 1.54) is 0 Å². The Morgan fingerprint density at radius 1 is 1.19 bits per heavy atom. The monoisotopic (exact) mass is 326 g/mol. The van der Waals surface area contributed by atoms with E-state index >= 15 is 0 Å². The first-order chi connectivity index (χ1) is 10.1. The molecule has 21 heavy (non-hydrogen) atoms. The third-order valence-electron chi connectivity index (χ3n) is 2.82. The molecule has 6 heteroatoms. The van der Waals surface area contributed by atoms with Gasteiger partial charge in [-0.3, -0.25) is 4.55 Å². The Labute approximate surface area is 131 Å². The van der Waals surface area contributed by atoms with Gasteiger partial charge in [0.05, 0.1) is 5.02 Å². The molecule has 112 valence electrons. The van der Waals surface area contributed by atoms with Gasteiger partial charge in [0.25, 0.3) is 0 Å². The van der Waals surface area contributed by atoms with Crippen molar-refractivity contribution in [1.29, 1.82) is 0 Å². The van der Waals surface area contributed by atoms with Gasteiger partial charge in [-0.1, -0.05) is 54.9 Å². The largest absolute Gasteiger partial charge is 0.462 e. The van der Waals surface area contributed by atoms with E-state index in [0.29, 0.717) is 17.2 Å². The summed E-state index contributed by atoms with van der Waals surface area (Å²) in [6.45, 7) is 1.78. The summed E-state index contributed by atoms with van der Waals surface area (Å²) in [5, 5.41) is 0.419. The minimum Gasteiger partial charge on any atom is -0.462 e. The van der Waals surface area contributed by atoms with Crippen LogP contribution in [0.4, 0.5) is 0 Å². The molecule has 4 nitrogen and oxygen atoms in total. The maximum absolute atomic E-state index is 10.7. The molecule has 0 heterocycles. The highest BCUT2D eigenvalue weighted by atomic mass is 35.5. The molecule has 0 fully saturated rings. The second-order valence-electron chi connectivity index (χ2n) is 4.28. The second kappa shape index (κ2) is 7.56. The van der Waals surface area contributed by atoms with Crippen LogP contribution >= 0.6 is 11.6 Å². The summed E-state index contributed by atoms with van der Waals surface area (Å²) in [5.74, 6) is 0.411. The van der Waals surface area contributed by atoms with Gasteiger partial charge < -0.3 is 4.74 Å². The van der Waals surface area contributed by atoms with Crippen molar-refractivity contribution >= 4 is 23.0 Å². The van der Waals surface area contributed by atoms with Gasteiger partial charge in [0, 0.05) is 6.42 Å². The third-order valence-corrected chi connectivity index (χ3v) is 3.50. The molecular weight excluding hydrogens is 312 g/mol. The van der Waals surface area contributed by atoms with Crippen molar-refractivity contribution in [1.82, 2.24) is 0 Å². The lowest BCUT2D eigenvalue weighted by Gasteiger charge is -2.16. The standard InChI is InChI=1S/C15H15ClO4S/c1-2-15(20-21(17)18)19-14-9-8-12(10-13(14)16)11-6-4-3-5-7-11/h3-10,15H,2H2,1H3,(H,17,18). The van der Waals surface area contributed by atoms with E-state index in [4.69, 9.17) is 25.1 Å². The first-order valence-corrected chi connectivity index (χ1v) is 7.80. The lowest BCUT2D eigenvalue weighted by Crippen LogP contribution is -2.20. The van der Waals surface area contributed by atoms with E-state index in [0.717, 1.165) is 11.1 Å². The van der Waals surface area contributed by atoms with Crippen molar-refractivity contribution in [3.05, 3.63) is 53.6 Å². The van der Waals surface area contributed by atoms with Crippen molar-refractivity contribution < 1.29 is 17.7 Å². The van der Waals surface area contributed by atoms with Crippen LogP contribution in [0.15, 0.2) is 48.5 Å². The molecule has 0 aliphatic carbocycles. The summed E-state index contributed by atoms with van der Waals surface area (Å²) < 4.78 is 29.6. The first kappa shape index (κ1) is 16.0. The molecule has 0 bridgehead atoms. The molecule has 2 atom stereocenters. The first-order valence-electron chi connectivity index (χ1n) is 6.39. The van der Waals surface area contributed by atoms with Gasteiger partial charge in [-0.05, 0) is 23.3 Å². The lowest BCUT2D eigenvalue weighted by atomic mass is 10.1. The summed E-state index contributed by atoms with van der Waals surface area (Å²) in [7, 11) is 0. The average molecular weight is 327 g/mol. The quantitative estimate of drug-likeness (QED) is 0.636. The Morgan fingerprint density at radius 3 is 2.48 bits per heavy atom. The highest BCUT2D eigenvalue weighted by Crippen LogP contribution is 2.31. The SMILES string of the molecule is CCC(Oc1ccc(-c2ccccc2)cc1Cl)OS(=O)O. The molecule has 0 saturated heterocycles. The average Bonchev–Trinajstić information content (AvgIpc) is 2.49. The smallest absolute Gasteiger partial charge is 0.305 e. The van der Waals surface area contributed by atoms with Crippen LogP contribution in [0.25, 0.3) is 11.1 Å². The summed E-state index contributed by atoms with van der Waals surface area (Å²) >= 11 is 3.82. The van der Waals surface area contributed by atoms with E-state index in [9.17, 15) is 4.21 Å². The van der Waals surface area contributed by atoms with Crippen LogP contribution in [0.2, 0.25) is 5.02 Å². The Bertz CT molecular complexity index is 618. The van der Waals surface area contributed by atoms with Crippen LogP contribution in [0.1, 0.15) is 13.3 Å². The molecule has 2 aromatic carbocycles. The van der Waals surface area contributed by atoms with Crippen LogP contribution in [0, 0.1) is 0 Å². The van der Waals surface area contributed by atoms with Gasteiger partial charge in [-0.2, -0.15) is 4.21 Å². The van der Waals surface area contributed by atoms with Gasteiger partial charge >= 0.3 is 11.4 Å². The highest BCUT2D eigenvalue weighted by Gasteiger charge is 2.14. The normalized spacial score (nSPS) is 13.7. The van der Waals surface area contributed by atoms with Crippen molar-refractivity contribution in [2.24, 2.45) is 0 Å². The molecule has 0 radical (unpaired) electrons. The van der Waals surface area contributed by atoms with Gasteiger partial charge in [0.2, 0.25) is 6.29 Å². The molecule has 0 aliphatic heterocycles. The van der Waals surface area contributed by atoms with Crippen LogP contribution in [-0.4, -0.2) is 15.1 Å². The van der Waals surface area contributed by atoms with E-state index < -0.39 is 17.7 Å². The van der Waals surface area contributed by atoms with Crippen molar-refractivity contribution in [3.8, 4) is 16.9 Å². The molecule has 0 aliphatic rings. The predicted molar refractivity (Wildman–Crippen MR) is 83.5 cm³/mol. The zero-order valence-corrected chi connectivity index (χ0v) is 12.9. The maximum atomic E-state index is 10.7. The highest BCUT2D eigenvalue weighted by molar-refractivity contribution is 7.74. The molecule has 1 N–H and O–H groups in total. The number of rotatable bonds is 6. The fraction of sp³-hybridized carbons (Fsp3) is 0.200. The number of halogens is 1. The second-order valence-corrected chi connectivity index (χ2v) is 5.31. The fourth-order valence-corrected chi connectivity index (χ4v) is 2.40. The summed E-state index contributed by atoms with van der Waals surface area (Å²) in [4.78, 5) is 0. The molecule has 2 aromatic rings. The third kappa shape index (κ3) is 4.54. The number of benzene rings is 2. The zero-order chi connectivity index (χ0) is 15.2. The van der Waals surface area contributed by atoms with Crippen LogP contribution in [-0.2, 0) is 15.5 Å². The summed E-state index contributed by atoms with van der Waals surface area (Å²) in [5.41, 5.74) is 2.01. The summed E-state index contributed by atoms with van der Waals surface area (Å²) in [6, 6.07) is 15.2. The maximum Gasteiger partial charge on any atom is 0.305 e. The zero-order valence-electron chi connectivity index (χ0n) is 11.4. The topological polar surface area (TPSA) is 55.8 Å². The van der Waals surface area contributed by atoms with Gasteiger partial charge in [-0.15, -0.1) is 0 Å². The molecular formula is C15H15ClO4S. The lowest BCUT2D eigenvalue weighted by molar-refractivity contribution is 0.00772. The van der Waals surface area contributed by atoms with Crippen LogP contribution in [0.5, 0.6) is 5.75 Å². The van der Waals surface area contributed by atoms with E-state index in [1.807, 2.05) is 36.4 Å². The molecule has 0 aromatic heterocycles. The minimum absolute atomic E-state index is 0.411. The Morgan fingerprint density at radius 2 is 1.90 bits per heavy atom. The molecule has 0 amide bonds. The Balaban J connectivity index is 2.18. The van der Waals surface area contributed by atoms with Crippen molar-refractivity contribution in [3.63, 3.8) is 0 Å². The van der Waals surface area contributed by atoms with Crippen molar-refractivity contribution in [2.75, 3.05) is 0 Å².